The summed E-state index contributed by atoms with van der Waals surface area (Å²) in [5.74, 6) is -1.13. The number of nitrogens with zero attached hydrogens (tertiary/aromatic N) is 3. The van der Waals surface area contributed by atoms with Crippen LogP contribution in [0.25, 0.3) is 22.5 Å². The third-order valence-corrected chi connectivity index (χ3v) is 7.06. The predicted molar refractivity (Wildman–Crippen MR) is 142 cm³/mol. The van der Waals surface area contributed by atoms with E-state index in [0.29, 0.717) is 28.9 Å². The van der Waals surface area contributed by atoms with Gasteiger partial charge in [-0.25, -0.2) is 22.8 Å². The Morgan fingerprint density at radius 2 is 1.67 bits per heavy atom. The number of fused-ring (bicyclic) bond motifs is 1. The lowest BCUT2D eigenvalue weighted by Gasteiger charge is -2.16. The summed E-state index contributed by atoms with van der Waals surface area (Å²) in [6.45, 7) is 5.24. The van der Waals surface area contributed by atoms with Gasteiger partial charge in [0.15, 0.2) is 12.6 Å². The molecule has 0 saturated carbocycles. The van der Waals surface area contributed by atoms with Crippen LogP contribution in [0.1, 0.15) is 43.9 Å². The summed E-state index contributed by atoms with van der Waals surface area (Å²) >= 11 is 0. The first-order valence-electron chi connectivity index (χ1n) is 13.0. The van der Waals surface area contributed by atoms with Crippen LogP contribution in [0.15, 0.2) is 60.9 Å². The number of ether oxygens (including phenoxy) is 1. The Hall–Kier alpha value is -3.94. The molecule has 4 aromatic rings. The largest absolute Gasteiger partial charge is 0.442 e. The molecular formula is C31H30F3N3O2. The molecule has 1 aliphatic carbocycles. The van der Waals surface area contributed by atoms with Crippen molar-refractivity contribution in [2.75, 3.05) is 0 Å². The van der Waals surface area contributed by atoms with Gasteiger partial charge in [0.2, 0.25) is 0 Å². The van der Waals surface area contributed by atoms with Crippen molar-refractivity contribution in [3.8, 4) is 22.5 Å². The van der Waals surface area contributed by atoms with Crippen LogP contribution in [0.5, 0.6) is 0 Å². The number of carbonyl (C=O) groups excluding carboxylic acids is 1. The average molecular weight is 534 g/mol. The van der Waals surface area contributed by atoms with Crippen LogP contribution < -0.4 is 0 Å². The van der Waals surface area contributed by atoms with Gasteiger partial charge in [-0.1, -0.05) is 24.3 Å². The minimum absolute atomic E-state index is 0.0650. The molecule has 0 amide bonds. The minimum atomic E-state index is -0.624. The standard InChI is InChI=1S/C31H30F3N3O2/c1-31(2,3)30(38)39-18-37-17-35-29(36-37)22-6-4-5-20(13-22)24-15-27(33)26(28(34)16-24)10-7-19-11-21-8-9-25(32)14-23(21)12-19/h4-6,8-9,13-17,19H,7,10-12,18H2,1-3H3/t19-/m0/s1. The van der Waals surface area contributed by atoms with Gasteiger partial charge in [0.1, 0.15) is 23.8 Å². The molecule has 0 fully saturated rings. The van der Waals surface area contributed by atoms with E-state index in [0.717, 1.165) is 24.0 Å². The smallest absolute Gasteiger partial charge is 0.313 e. The molecule has 202 valence electrons. The molecule has 5 nitrogen and oxygen atoms in total. The van der Waals surface area contributed by atoms with Crippen LogP contribution in [0, 0.1) is 28.8 Å². The Labute approximate surface area is 225 Å². The van der Waals surface area contributed by atoms with E-state index >= 15 is 8.78 Å². The van der Waals surface area contributed by atoms with E-state index in [-0.39, 0.29) is 36.4 Å². The van der Waals surface area contributed by atoms with Gasteiger partial charge in [-0.05, 0) is 105 Å². The number of rotatable bonds is 7. The summed E-state index contributed by atoms with van der Waals surface area (Å²) in [5.41, 5.74) is 3.25. The van der Waals surface area contributed by atoms with Crippen LogP contribution in [-0.2, 0) is 35.5 Å². The van der Waals surface area contributed by atoms with Crippen LogP contribution in [0.4, 0.5) is 13.2 Å². The van der Waals surface area contributed by atoms with Crippen molar-refractivity contribution in [1.29, 1.82) is 0 Å². The molecule has 39 heavy (non-hydrogen) atoms. The number of aromatic nitrogens is 3. The Morgan fingerprint density at radius 3 is 2.41 bits per heavy atom. The molecule has 1 atom stereocenters. The van der Waals surface area contributed by atoms with E-state index in [1.165, 1.54) is 29.2 Å². The fourth-order valence-corrected chi connectivity index (χ4v) is 4.91. The van der Waals surface area contributed by atoms with Gasteiger partial charge in [0.05, 0.1) is 5.41 Å². The summed E-state index contributed by atoms with van der Waals surface area (Å²) in [4.78, 5) is 16.3. The fraction of sp³-hybridized carbons (Fsp3) is 0.323. The summed E-state index contributed by atoms with van der Waals surface area (Å²) in [7, 11) is 0. The number of hydrogen-bond acceptors (Lipinski definition) is 4. The van der Waals surface area contributed by atoms with Crippen molar-refractivity contribution >= 4 is 5.97 Å². The topological polar surface area (TPSA) is 57.0 Å². The maximum atomic E-state index is 15.1. The maximum absolute atomic E-state index is 15.1. The lowest BCUT2D eigenvalue weighted by Crippen LogP contribution is -2.24. The fourth-order valence-electron chi connectivity index (χ4n) is 4.91. The molecule has 0 spiro atoms. The zero-order valence-corrected chi connectivity index (χ0v) is 22.2. The quantitative estimate of drug-likeness (QED) is 0.242. The van der Waals surface area contributed by atoms with Crippen LogP contribution in [0.3, 0.4) is 0 Å². The molecule has 1 heterocycles. The number of halogens is 3. The number of esters is 1. The second-order valence-electron chi connectivity index (χ2n) is 11.1. The van der Waals surface area contributed by atoms with Gasteiger partial charge in [-0.15, -0.1) is 5.10 Å². The molecule has 0 bridgehead atoms. The Balaban J connectivity index is 1.26. The van der Waals surface area contributed by atoms with E-state index < -0.39 is 17.0 Å². The highest BCUT2D eigenvalue weighted by molar-refractivity contribution is 5.75. The van der Waals surface area contributed by atoms with Gasteiger partial charge in [-0.3, -0.25) is 4.79 Å². The lowest BCUT2D eigenvalue weighted by molar-refractivity contribution is -0.157. The second-order valence-corrected chi connectivity index (χ2v) is 11.1. The van der Waals surface area contributed by atoms with E-state index in [4.69, 9.17) is 4.74 Å². The minimum Gasteiger partial charge on any atom is -0.442 e. The summed E-state index contributed by atoms with van der Waals surface area (Å²) in [5, 5.41) is 4.36. The number of benzene rings is 3. The van der Waals surface area contributed by atoms with Crippen molar-refractivity contribution in [3.63, 3.8) is 0 Å². The van der Waals surface area contributed by atoms with Crippen LogP contribution >= 0.6 is 0 Å². The molecule has 0 saturated heterocycles. The molecule has 0 aliphatic heterocycles. The zero-order valence-electron chi connectivity index (χ0n) is 22.2. The van der Waals surface area contributed by atoms with Gasteiger partial charge in [0.25, 0.3) is 0 Å². The molecule has 3 aromatic carbocycles. The Morgan fingerprint density at radius 1 is 0.949 bits per heavy atom. The zero-order chi connectivity index (χ0) is 27.7. The summed E-state index contributed by atoms with van der Waals surface area (Å²) < 4.78 is 50.4. The van der Waals surface area contributed by atoms with E-state index in [2.05, 4.69) is 10.1 Å². The molecular weight excluding hydrogens is 503 g/mol. The Bertz CT molecular complexity index is 1500. The predicted octanol–water partition coefficient (Wildman–Crippen LogP) is 6.92. The van der Waals surface area contributed by atoms with Gasteiger partial charge < -0.3 is 4.74 Å². The molecule has 1 aliphatic rings. The van der Waals surface area contributed by atoms with Crippen LogP contribution in [0.2, 0.25) is 0 Å². The van der Waals surface area contributed by atoms with Crippen molar-refractivity contribution in [1.82, 2.24) is 14.8 Å². The summed E-state index contributed by atoms with van der Waals surface area (Å²) in [6, 6.07) is 14.6. The van der Waals surface area contributed by atoms with Gasteiger partial charge in [0, 0.05) is 11.1 Å². The van der Waals surface area contributed by atoms with E-state index in [9.17, 15) is 9.18 Å². The van der Waals surface area contributed by atoms with Gasteiger partial charge >= 0.3 is 5.97 Å². The van der Waals surface area contributed by atoms with Crippen molar-refractivity contribution in [2.24, 2.45) is 11.3 Å². The third kappa shape index (κ3) is 6.05. The number of hydrogen-bond donors (Lipinski definition) is 0. The molecule has 0 unspecified atom stereocenters. The van der Waals surface area contributed by atoms with Crippen molar-refractivity contribution < 1.29 is 22.7 Å². The van der Waals surface area contributed by atoms with Crippen molar-refractivity contribution in [3.05, 3.63) is 95.1 Å². The summed E-state index contributed by atoms with van der Waals surface area (Å²) in [6.07, 6.45) is 3.89. The first-order valence-corrected chi connectivity index (χ1v) is 13.0. The highest BCUT2D eigenvalue weighted by Crippen LogP contribution is 2.32. The maximum Gasteiger partial charge on any atom is 0.313 e. The van der Waals surface area contributed by atoms with Crippen molar-refractivity contribution in [2.45, 2.75) is 53.2 Å². The SMILES string of the molecule is CC(C)(C)C(=O)OCn1cnc(-c2cccc(-c3cc(F)c(CC[C@H]4Cc5ccc(F)cc5C4)c(F)c3)c2)n1. The highest BCUT2D eigenvalue weighted by atomic mass is 19.1. The lowest BCUT2D eigenvalue weighted by atomic mass is 9.94. The number of carbonyl (C=O) groups is 1. The average Bonchev–Trinajstić information content (AvgIpc) is 3.53. The van der Waals surface area contributed by atoms with Crippen LogP contribution in [-0.4, -0.2) is 20.7 Å². The van der Waals surface area contributed by atoms with E-state index in [1.54, 1.807) is 57.2 Å². The highest BCUT2D eigenvalue weighted by Gasteiger charge is 2.24. The first-order chi connectivity index (χ1) is 18.6. The normalized spacial score (nSPS) is 14.9. The monoisotopic (exact) mass is 533 g/mol. The third-order valence-electron chi connectivity index (χ3n) is 7.06. The Kier molecular flexibility index (Phi) is 7.30. The van der Waals surface area contributed by atoms with Gasteiger partial charge in [-0.2, -0.15) is 0 Å². The molecule has 1 aromatic heterocycles. The molecule has 0 N–H and O–H groups in total. The molecule has 0 radical (unpaired) electrons. The molecule has 8 heteroatoms. The second kappa shape index (κ2) is 10.7. The molecule has 5 rings (SSSR count). The first kappa shape index (κ1) is 26.7. The van der Waals surface area contributed by atoms with E-state index in [1.807, 2.05) is 0 Å².